The summed E-state index contributed by atoms with van der Waals surface area (Å²) < 4.78 is 8.09. The summed E-state index contributed by atoms with van der Waals surface area (Å²) >= 11 is 0. The summed E-state index contributed by atoms with van der Waals surface area (Å²) in [6.45, 7) is 9.87. The van der Waals surface area contributed by atoms with Crippen LogP contribution in [-0.2, 0) is 0 Å². The van der Waals surface area contributed by atoms with Crippen molar-refractivity contribution in [3.63, 3.8) is 0 Å². The number of rotatable bonds is 5. The third kappa shape index (κ3) is 3.76. The van der Waals surface area contributed by atoms with Crippen molar-refractivity contribution < 1.29 is 9.64 Å². The second kappa shape index (κ2) is 8.52. The van der Waals surface area contributed by atoms with E-state index in [1.54, 1.807) is 4.90 Å². The van der Waals surface area contributed by atoms with Crippen LogP contribution in [0.15, 0.2) is 54.6 Å². The number of pyridine rings is 1. The molecule has 0 atom stereocenters. The van der Waals surface area contributed by atoms with E-state index in [1.165, 1.54) is 5.56 Å². The van der Waals surface area contributed by atoms with E-state index in [-0.39, 0.29) is 0 Å². The van der Waals surface area contributed by atoms with Gasteiger partial charge in [-0.15, -0.1) is 0 Å². The van der Waals surface area contributed by atoms with Gasteiger partial charge in [-0.2, -0.15) is 5.26 Å². The fraction of sp³-hybridized carbons (Fsp3) is 0.308. The van der Waals surface area contributed by atoms with E-state index in [0.29, 0.717) is 5.56 Å². The first-order valence-corrected chi connectivity index (χ1v) is 11.2. The molecule has 0 aliphatic carbocycles. The van der Waals surface area contributed by atoms with Crippen LogP contribution in [0.2, 0.25) is 0 Å². The zero-order valence-electron chi connectivity index (χ0n) is 18.6. The summed E-state index contributed by atoms with van der Waals surface area (Å²) in [6, 6.07) is 20.9. The molecule has 32 heavy (non-hydrogen) atoms. The number of fused-ring (bicyclic) bond motifs is 3. The first kappa shape index (κ1) is 20.3. The molecule has 0 amide bonds. The minimum absolute atomic E-state index is 0.655. The lowest BCUT2D eigenvalue weighted by molar-refractivity contribution is -0.900. The molecule has 1 aliphatic rings. The lowest BCUT2D eigenvalue weighted by atomic mass is 10.1. The van der Waals surface area contributed by atoms with Crippen molar-refractivity contribution in [1.29, 1.82) is 5.26 Å². The molecular formula is C26H28N5O+. The molecular weight excluding hydrogens is 398 g/mol. The standard InChI is InChI=1S/C26H27N5O/c1-19-7-9-21(10-8-19)32-16-15-29-11-13-30(14-12-29)25-17-20(2)22(18-27)26-28-23-5-3-4-6-24(23)31(25)26/h3-10,17H,11-16H2,1-2H3/p+1. The molecule has 0 saturated carbocycles. The number of aryl methyl sites for hydroxylation is 2. The number of piperazine rings is 1. The maximum absolute atomic E-state index is 9.72. The number of quaternary nitrogens is 1. The third-order valence-corrected chi connectivity index (χ3v) is 6.41. The number of imidazole rings is 1. The fourth-order valence-electron chi connectivity index (χ4n) is 4.55. The Kier molecular flexibility index (Phi) is 5.42. The Morgan fingerprint density at radius 3 is 2.56 bits per heavy atom. The van der Waals surface area contributed by atoms with Crippen LogP contribution in [0, 0.1) is 25.2 Å². The Labute approximate surface area is 188 Å². The SMILES string of the molecule is Cc1ccc(OCC[NH+]2CCN(c3cc(C)c(C#N)c4nc5ccccc5n34)CC2)cc1. The lowest BCUT2D eigenvalue weighted by Gasteiger charge is -2.34. The molecule has 0 spiro atoms. The molecule has 1 saturated heterocycles. The second-order valence-corrected chi connectivity index (χ2v) is 8.58. The van der Waals surface area contributed by atoms with Crippen LogP contribution in [0.5, 0.6) is 5.75 Å². The molecule has 0 radical (unpaired) electrons. The van der Waals surface area contributed by atoms with Crippen molar-refractivity contribution in [2.45, 2.75) is 13.8 Å². The number of para-hydroxylation sites is 2. The molecule has 1 N–H and O–H groups in total. The summed E-state index contributed by atoms with van der Waals surface area (Å²) in [5.74, 6) is 2.07. The van der Waals surface area contributed by atoms with E-state index in [9.17, 15) is 5.26 Å². The fourth-order valence-corrected chi connectivity index (χ4v) is 4.55. The van der Waals surface area contributed by atoms with Gasteiger partial charge in [0.25, 0.3) is 0 Å². The van der Waals surface area contributed by atoms with Crippen molar-refractivity contribution in [3.05, 3.63) is 71.3 Å². The maximum Gasteiger partial charge on any atom is 0.157 e. The molecule has 1 aliphatic heterocycles. The second-order valence-electron chi connectivity index (χ2n) is 8.58. The number of hydrogen-bond donors (Lipinski definition) is 1. The van der Waals surface area contributed by atoms with Crippen molar-refractivity contribution in [3.8, 4) is 11.8 Å². The zero-order chi connectivity index (χ0) is 22.1. The van der Waals surface area contributed by atoms with Gasteiger partial charge in [-0.1, -0.05) is 29.8 Å². The van der Waals surface area contributed by atoms with Gasteiger partial charge in [0.05, 0.1) is 42.8 Å². The maximum atomic E-state index is 9.72. The number of hydrogen-bond acceptors (Lipinski definition) is 4. The quantitative estimate of drug-likeness (QED) is 0.533. The lowest BCUT2D eigenvalue weighted by Crippen LogP contribution is -3.15. The topological polar surface area (TPSA) is 58.0 Å². The number of ether oxygens (including phenoxy) is 1. The van der Waals surface area contributed by atoms with Crippen LogP contribution in [0.1, 0.15) is 16.7 Å². The van der Waals surface area contributed by atoms with E-state index in [4.69, 9.17) is 9.72 Å². The molecule has 0 unspecified atom stereocenters. The predicted molar refractivity (Wildman–Crippen MR) is 127 cm³/mol. The Morgan fingerprint density at radius 1 is 1.06 bits per heavy atom. The van der Waals surface area contributed by atoms with Gasteiger partial charge in [0.2, 0.25) is 0 Å². The zero-order valence-corrected chi connectivity index (χ0v) is 18.6. The molecule has 162 valence electrons. The van der Waals surface area contributed by atoms with E-state index < -0.39 is 0 Å². The van der Waals surface area contributed by atoms with Crippen molar-refractivity contribution in [2.75, 3.05) is 44.2 Å². The van der Waals surface area contributed by atoms with E-state index in [1.807, 2.05) is 37.3 Å². The molecule has 6 heteroatoms. The molecule has 6 nitrogen and oxygen atoms in total. The highest BCUT2D eigenvalue weighted by molar-refractivity contribution is 5.85. The molecule has 4 aromatic rings. The van der Waals surface area contributed by atoms with Gasteiger partial charge < -0.3 is 14.5 Å². The first-order chi connectivity index (χ1) is 15.6. The summed E-state index contributed by atoms with van der Waals surface area (Å²) in [5.41, 5.74) is 5.61. The number of nitrogens with zero attached hydrogens (tertiary/aromatic N) is 4. The summed E-state index contributed by atoms with van der Waals surface area (Å²) in [5, 5.41) is 9.72. The minimum Gasteiger partial charge on any atom is -0.488 e. The Hall–Kier alpha value is -3.56. The van der Waals surface area contributed by atoms with Crippen molar-refractivity contribution in [1.82, 2.24) is 9.38 Å². The molecule has 1 fully saturated rings. The van der Waals surface area contributed by atoms with E-state index in [2.05, 4.69) is 46.6 Å². The Balaban J connectivity index is 1.32. The largest absolute Gasteiger partial charge is 0.488 e. The van der Waals surface area contributed by atoms with E-state index in [0.717, 1.165) is 73.1 Å². The van der Waals surface area contributed by atoms with Gasteiger partial charge in [0.1, 0.15) is 30.8 Å². The number of aromatic nitrogens is 2. The first-order valence-electron chi connectivity index (χ1n) is 11.2. The smallest absolute Gasteiger partial charge is 0.157 e. The summed E-state index contributed by atoms with van der Waals surface area (Å²) in [6.07, 6.45) is 0. The van der Waals surface area contributed by atoms with Crippen LogP contribution in [-0.4, -0.2) is 48.7 Å². The van der Waals surface area contributed by atoms with Crippen molar-refractivity contribution in [2.24, 2.45) is 0 Å². The molecule has 2 aromatic carbocycles. The molecule has 2 aromatic heterocycles. The van der Waals surface area contributed by atoms with Crippen LogP contribution in [0.3, 0.4) is 0 Å². The van der Waals surface area contributed by atoms with Crippen LogP contribution >= 0.6 is 0 Å². The van der Waals surface area contributed by atoms with Gasteiger partial charge in [-0.25, -0.2) is 4.98 Å². The normalized spacial score (nSPS) is 14.7. The molecule has 0 bridgehead atoms. The summed E-state index contributed by atoms with van der Waals surface area (Å²) in [7, 11) is 0. The van der Waals surface area contributed by atoms with Crippen LogP contribution in [0.4, 0.5) is 5.82 Å². The molecule has 5 rings (SSSR count). The van der Waals surface area contributed by atoms with Gasteiger partial charge in [-0.05, 0) is 49.7 Å². The number of benzene rings is 2. The van der Waals surface area contributed by atoms with Gasteiger partial charge >= 0.3 is 0 Å². The van der Waals surface area contributed by atoms with Gasteiger partial charge in [-0.3, -0.25) is 4.40 Å². The van der Waals surface area contributed by atoms with Crippen LogP contribution in [0.25, 0.3) is 16.7 Å². The summed E-state index contributed by atoms with van der Waals surface area (Å²) in [4.78, 5) is 8.77. The minimum atomic E-state index is 0.655. The monoisotopic (exact) mass is 426 g/mol. The number of anilines is 1. The van der Waals surface area contributed by atoms with E-state index >= 15 is 0 Å². The average Bonchev–Trinajstić information content (AvgIpc) is 3.20. The van der Waals surface area contributed by atoms with Gasteiger partial charge in [0.15, 0.2) is 5.65 Å². The Morgan fingerprint density at radius 2 is 1.81 bits per heavy atom. The number of nitriles is 1. The number of nitrogens with one attached hydrogen (secondary N) is 1. The highest BCUT2D eigenvalue weighted by Gasteiger charge is 2.24. The van der Waals surface area contributed by atoms with Crippen LogP contribution < -0.4 is 14.5 Å². The average molecular weight is 427 g/mol. The highest BCUT2D eigenvalue weighted by Crippen LogP contribution is 2.28. The molecule has 3 heterocycles. The third-order valence-electron chi connectivity index (χ3n) is 6.41. The van der Waals surface area contributed by atoms with Gasteiger partial charge in [0, 0.05) is 0 Å². The highest BCUT2D eigenvalue weighted by atomic mass is 16.5. The van der Waals surface area contributed by atoms with Crippen molar-refractivity contribution >= 4 is 22.5 Å². The Bertz CT molecular complexity index is 1290. The predicted octanol–water partition coefficient (Wildman–Crippen LogP) is 2.76.